The van der Waals surface area contributed by atoms with Crippen LogP contribution in [0.2, 0.25) is 0 Å². The summed E-state index contributed by atoms with van der Waals surface area (Å²) in [6.07, 6.45) is 3.91. The fourth-order valence-electron chi connectivity index (χ4n) is 0.919. The van der Waals surface area contributed by atoms with Gasteiger partial charge in [-0.2, -0.15) is 0 Å². The molecule has 0 amide bonds. The summed E-state index contributed by atoms with van der Waals surface area (Å²) < 4.78 is 5.39. The summed E-state index contributed by atoms with van der Waals surface area (Å²) in [6.45, 7) is 4.77. The topological polar surface area (TPSA) is 48.1 Å². The van der Waals surface area contributed by atoms with Crippen molar-refractivity contribution < 1.29 is 4.74 Å². The highest BCUT2D eigenvalue weighted by Gasteiger charge is 1.98. The minimum atomic E-state index is 0.622. The van der Waals surface area contributed by atoms with E-state index in [1.54, 1.807) is 12.3 Å². The highest BCUT2D eigenvalue weighted by atomic mass is 16.5. The van der Waals surface area contributed by atoms with Gasteiger partial charge in [0.2, 0.25) is 5.88 Å². The Kier molecular flexibility index (Phi) is 3.55. The van der Waals surface area contributed by atoms with Crippen LogP contribution in [-0.2, 0) is 0 Å². The normalized spacial score (nSPS) is 10.0. The molecule has 1 rings (SSSR count). The molecule has 0 bridgehead atoms. The van der Waals surface area contributed by atoms with Crippen molar-refractivity contribution in [2.45, 2.75) is 26.7 Å². The lowest BCUT2D eigenvalue weighted by Crippen LogP contribution is -2.00. The number of hydrogen-bond acceptors (Lipinski definition) is 3. The van der Waals surface area contributed by atoms with Gasteiger partial charge in [-0.15, -0.1) is 0 Å². The lowest BCUT2D eigenvalue weighted by molar-refractivity contribution is 0.298. The predicted molar refractivity (Wildman–Crippen MR) is 53.8 cm³/mol. The van der Waals surface area contributed by atoms with Gasteiger partial charge in [0, 0.05) is 18.0 Å². The van der Waals surface area contributed by atoms with Crippen molar-refractivity contribution >= 4 is 5.69 Å². The summed E-state index contributed by atoms with van der Waals surface area (Å²) >= 11 is 0. The van der Waals surface area contributed by atoms with E-state index in [0.29, 0.717) is 12.5 Å². The molecule has 2 N–H and O–H groups in total. The Morgan fingerprint density at radius 1 is 1.54 bits per heavy atom. The Bertz CT molecular complexity index is 274. The zero-order chi connectivity index (χ0) is 9.68. The molecule has 0 saturated carbocycles. The Labute approximate surface area is 78.9 Å². The van der Waals surface area contributed by atoms with Gasteiger partial charge >= 0.3 is 0 Å². The van der Waals surface area contributed by atoms with Gasteiger partial charge in [-0.25, -0.2) is 4.98 Å². The van der Waals surface area contributed by atoms with Gasteiger partial charge in [0.15, 0.2) is 0 Å². The molecule has 1 heterocycles. The van der Waals surface area contributed by atoms with E-state index >= 15 is 0 Å². The SMILES string of the molecule is CCCCOc1cc(N)c(C)cn1. The Balaban J connectivity index is 2.53. The van der Waals surface area contributed by atoms with Gasteiger partial charge in [0.1, 0.15) is 0 Å². The molecule has 1 aromatic heterocycles. The van der Waals surface area contributed by atoms with E-state index in [2.05, 4.69) is 11.9 Å². The predicted octanol–water partition coefficient (Wildman–Crippen LogP) is 2.15. The number of nitrogen functional groups attached to an aromatic ring is 1. The summed E-state index contributed by atoms with van der Waals surface area (Å²) in [5.74, 6) is 0.622. The van der Waals surface area contributed by atoms with Crippen molar-refractivity contribution in [1.29, 1.82) is 0 Å². The van der Waals surface area contributed by atoms with Crippen LogP contribution in [-0.4, -0.2) is 11.6 Å². The summed E-state index contributed by atoms with van der Waals surface area (Å²) in [5, 5.41) is 0. The fourth-order valence-corrected chi connectivity index (χ4v) is 0.919. The quantitative estimate of drug-likeness (QED) is 0.722. The molecule has 0 aliphatic heterocycles. The van der Waals surface area contributed by atoms with Crippen LogP contribution in [0.5, 0.6) is 5.88 Å². The Morgan fingerprint density at radius 2 is 2.31 bits per heavy atom. The van der Waals surface area contributed by atoms with E-state index in [1.807, 2.05) is 6.92 Å². The maximum absolute atomic E-state index is 5.70. The van der Waals surface area contributed by atoms with Crippen molar-refractivity contribution in [2.75, 3.05) is 12.3 Å². The van der Waals surface area contributed by atoms with Crippen molar-refractivity contribution in [3.63, 3.8) is 0 Å². The average molecular weight is 180 g/mol. The highest BCUT2D eigenvalue weighted by molar-refractivity contribution is 5.46. The van der Waals surface area contributed by atoms with Gasteiger partial charge in [0.05, 0.1) is 6.61 Å². The van der Waals surface area contributed by atoms with Gasteiger partial charge in [-0.1, -0.05) is 13.3 Å². The van der Waals surface area contributed by atoms with E-state index in [-0.39, 0.29) is 0 Å². The van der Waals surface area contributed by atoms with Crippen LogP contribution < -0.4 is 10.5 Å². The third-order valence-corrected chi connectivity index (χ3v) is 1.87. The number of nitrogens with two attached hydrogens (primary N) is 1. The first-order chi connectivity index (χ1) is 6.24. The lowest BCUT2D eigenvalue weighted by atomic mass is 10.3. The largest absolute Gasteiger partial charge is 0.478 e. The second-order valence-electron chi connectivity index (χ2n) is 3.08. The first-order valence-electron chi connectivity index (χ1n) is 4.59. The molecule has 0 fully saturated rings. The fraction of sp³-hybridized carbons (Fsp3) is 0.500. The molecule has 0 saturated heterocycles. The maximum Gasteiger partial charge on any atom is 0.215 e. The molecule has 13 heavy (non-hydrogen) atoms. The molecule has 72 valence electrons. The number of nitrogens with zero attached hydrogens (tertiary/aromatic N) is 1. The number of pyridine rings is 1. The van der Waals surface area contributed by atoms with Crippen LogP contribution in [0.3, 0.4) is 0 Å². The minimum absolute atomic E-state index is 0.622. The lowest BCUT2D eigenvalue weighted by Gasteiger charge is -2.05. The van der Waals surface area contributed by atoms with Crippen LogP contribution in [0, 0.1) is 6.92 Å². The summed E-state index contributed by atoms with van der Waals surface area (Å²) in [5.41, 5.74) is 7.43. The van der Waals surface area contributed by atoms with Crippen molar-refractivity contribution in [3.05, 3.63) is 17.8 Å². The molecule has 0 aliphatic carbocycles. The molecule has 0 unspecified atom stereocenters. The smallest absolute Gasteiger partial charge is 0.215 e. The van der Waals surface area contributed by atoms with Crippen molar-refractivity contribution in [3.8, 4) is 5.88 Å². The van der Waals surface area contributed by atoms with E-state index in [0.717, 1.165) is 24.1 Å². The standard InChI is InChI=1S/C10H16N2O/c1-3-4-5-13-10-6-9(11)8(2)7-12-10/h6-7H,3-5H2,1-2H3,(H2,11,12). The number of rotatable bonds is 4. The molecule has 0 radical (unpaired) electrons. The summed E-state index contributed by atoms with van der Waals surface area (Å²) in [7, 11) is 0. The minimum Gasteiger partial charge on any atom is -0.478 e. The van der Waals surface area contributed by atoms with Crippen molar-refractivity contribution in [1.82, 2.24) is 4.98 Å². The molecule has 0 aliphatic rings. The number of ether oxygens (including phenoxy) is 1. The molecule has 0 spiro atoms. The number of anilines is 1. The Hall–Kier alpha value is -1.25. The van der Waals surface area contributed by atoms with Crippen LogP contribution in [0.4, 0.5) is 5.69 Å². The van der Waals surface area contributed by atoms with E-state index < -0.39 is 0 Å². The monoisotopic (exact) mass is 180 g/mol. The van der Waals surface area contributed by atoms with Crippen LogP contribution in [0.25, 0.3) is 0 Å². The maximum atomic E-state index is 5.70. The number of aryl methyl sites for hydroxylation is 1. The van der Waals surface area contributed by atoms with Crippen LogP contribution >= 0.6 is 0 Å². The molecule has 3 heteroatoms. The van der Waals surface area contributed by atoms with Gasteiger partial charge in [-0.05, 0) is 18.9 Å². The number of unbranched alkanes of at least 4 members (excludes halogenated alkanes) is 1. The summed E-state index contributed by atoms with van der Waals surface area (Å²) in [4.78, 5) is 4.11. The highest BCUT2D eigenvalue weighted by Crippen LogP contribution is 2.15. The van der Waals surface area contributed by atoms with Gasteiger partial charge in [0.25, 0.3) is 0 Å². The molecule has 0 aromatic carbocycles. The second-order valence-corrected chi connectivity index (χ2v) is 3.08. The molecule has 1 aromatic rings. The summed E-state index contributed by atoms with van der Waals surface area (Å²) in [6, 6.07) is 1.77. The van der Waals surface area contributed by atoms with Crippen molar-refractivity contribution in [2.24, 2.45) is 0 Å². The first kappa shape index (κ1) is 9.84. The van der Waals surface area contributed by atoms with E-state index in [4.69, 9.17) is 10.5 Å². The third kappa shape index (κ3) is 2.93. The zero-order valence-electron chi connectivity index (χ0n) is 8.21. The van der Waals surface area contributed by atoms with Crippen LogP contribution in [0.1, 0.15) is 25.3 Å². The zero-order valence-corrected chi connectivity index (χ0v) is 8.21. The second kappa shape index (κ2) is 4.70. The molecule has 0 atom stereocenters. The van der Waals surface area contributed by atoms with Gasteiger partial charge in [-0.3, -0.25) is 0 Å². The first-order valence-corrected chi connectivity index (χ1v) is 4.59. The van der Waals surface area contributed by atoms with E-state index in [9.17, 15) is 0 Å². The molecular formula is C10H16N2O. The molecule has 3 nitrogen and oxygen atoms in total. The average Bonchev–Trinajstić information content (AvgIpc) is 2.12. The van der Waals surface area contributed by atoms with Gasteiger partial charge < -0.3 is 10.5 Å². The van der Waals surface area contributed by atoms with Crippen LogP contribution in [0.15, 0.2) is 12.3 Å². The number of aromatic nitrogens is 1. The Morgan fingerprint density at radius 3 is 2.92 bits per heavy atom. The molecular weight excluding hydrogens is 164 g/mol. The number of hydrogen-bond donors (Lipinski definition) is 1. The van der Waals surface area contributed by atoms with E-state index in [1.165, 1.54) is 0 Å². The third-order valence-electron chi connectivity index (χ3n) is 1.87.